The Hall–Kier alpha value is 0.300. The Bertz CT molecular complexity index is 445. The molecular formula is C24H58O14P2. The molecule has 0 saturated heterocycles. The molecule has 0 spiro atoms. The molecule has 0 heterocycles. The summed E-state index contributed by atoms with van der Waals surface area (Å²) in [6, 6.07) is 0. The monoisotopic (exact) mass is 632 g/mol. The molecule has 0 fully saturated rings. The van der Waals surface area contributed by atoms with Crippen LogP contribution in [0, 0.1) is 16.2 Å². The van der Waals surface area contributed by atoms with Gasteiger partial charge in [-0.2, -0.15) is 0 Å². The van der Waals surface area contributed by atoms with Crippen LogP contribution in [0.3, 0.4) is 0 Å². The first kappa shape index (κ1) is 47.2. The second kappa shape index (κ2) is 30.7. The van der Waals surface area contributed by atoms with Gasteiger partial charge in [-0.25, -0.2) is 0 Å². The van der Waals surface area contributed by atoms with Crippen LogP contribution in [0.1, 0.15) is 72.6 Å². The molecule has 0 amide bonds. The fourth-order valence-corrected chi connectivity index (χ4v) is 3.16. The van der Waals surface area contributed by atoms with Crippen LogP contribution < -0.4 is 0 Å². The van der Waals surface area contributed by atoms with E-state index in [0.717, 1.165) is 38.9 Å². The molecule has 0 atom stereocenters. The zero-order chi connectivity index (χ0) is 32.1. The van der Waals surface area contributed by atoms with E-state index in [1.165, 1.54) is 0 Å². The predicted molar refractivity (Wildman–Crippen MR) is 154 cm³/mol. The van der Waals surface area contributed by atoms with Gasteiger partial charge in [-0.05, 0) is 37.5 Å². The number of aliphatic hydroxyl groups is 6. The molecule has 248 valence electrons. The molecule has 12 N–H and O–H groups in total. The summed E-state index contributed by atoms with van der Waals surface area (Å²) in [4.78, 5) is 43.4. The standard InChI is InChI=1S/C18H38O5.C6H14O3.2H3O3P/c1-4-6-10-22-12-8-17(3,9-13-23-11-7-5-2)18(14-19,15-20)16-21;1-2-6(3-7,4-8)5-9;2*1-4(2)3/h19-21H,4-16H2,1-3H3;7-9H,2-5H2,1H3;2*1-3H. The maximum Gasteiger partial charge on any atom is 0.324 e. The fraction of sp³-hybridized carbons (Fsp3) is 1.00. The van der Waals surface area contributed by atoms with Gasteiger partial charge < -0.3 is 69.5 Å². The normalized spacial score (nSPS) is 11.8. The third-order valence-electron chi connectivity index (χ3n) is 6.83. The van der Waals surface area contributed by atoms with E-state index in [0.29, 0.717) is 32.5 Å². The van der Waals surface area contributed by atoms with Gasteiger partial charge in [-0.1, -0.05) is 40.5 Å². The zero-order valence-electron chi connectivity index (χ0n) is 24.6. The third-order valence-corrected chi connectivity index (χ3v) is 6.83. The van der Waals surface area contributed by atoms with Crippen LogP contribution in [0.15, 0.2) is 0 Å². The lowest BCUT2D eigenvalue weighted by molar-refractivity contribution is -0.109. The number of hydrogen-bond acceptors (Lipinski definition) is 14. The molecule has 0 rings (SSSR count). The van der Waals surface area contributed by atoms with Gasteiger partial charge >= 0.3 is 17.2 Å². The van der Waals surface area contributed by atoms with Gasteiger partial charge in [0.25, 0.3) is 0 Å². The van der Waals surface area contributed by atoms with Crippen LogP contribution in [0.2, 0.25) is 0 Å². The van der Waals surface area contributed by atoms with Gasteiger partial charge in [0.15, 0.2) is 0 Å². The molecular weight excluding hydrogens is 574 g/mol. The minimum Gasteiger partial charge on any atom is -0.396 e. The lowest BCUT2D eigenvalue weighted by Crippen LogP contribution is -2.50. The van der Waals surface area contributed by atoms with Crippen molar-refractivity contribution in [3.05, 3.63) is 0 Å². The molecule has 0 aromatic rings. The lowest BCUT2D eigenvalue weighted by Gasteiger charge is -2.46. The van der Waals surface area contributed by atoms with Gasteiger partial charge in [0.1, 0.15) is 0 Å². The van der Waals surface area contributed by atoms with Crippen molar-refractivity contribution < 1.29 is 69.5 Å². The summed E-state index contributed by atoms with van der Waals surface area (Å²) in [7, 11) is -5.24. The zero-order valence-corrected chi connectivity index (χ0v) is 26.4. The molecule has 0 bridgehead atoms. The number of ether oxygens (including phenoxy) is 2. The van der Waals surface area contributed by atoms with E-state index < -0.39 is 33.4 Å². The van der Waals surface area contributed by atoms with E-state index in [2.05, 4.69) is 13.8 Å². The van der Waals surface area contributed by atoms with E-state index >= 15 is 0 Å². The Balaban J connectivity index is -0.000000309. The molecule has 0 aliphatic rings. The van der Waals surface area contributed by atoms with E-state index in [-0.39, 0.29) is 39.6 Å². The van der Waals surface area contributed by atoms with Gasteiger partial charge in [0, 0.05) is 37.3 Å². The number of aliphatic hydroxyl groups excluding tert-OH is 6. The number of rotatable bonds is 20. The van der Waals surface area contributed by atoms with Crippen molar-refractivity contribution in [1.82, 2.24) is 0 Å². The fourth-order valence-electron chi connectivity index (χ4n) is 3.16. The summed E-state index contributed by atoms with van der Waals surface area (Å²) < 4.78 is 11.3. The Morgan fingerprint density at radius 1 is 0.525 bits per heavy atom. The number of hydrogen-bond donors (Lipinski definition) is 12. The molecule has 0 aliphatic heterocycles. The van der Waals surface area contributed by atoms with Crippen molar-refractivity contribution in [1.29, 1.82) is 0 Å². The van der Waals surface area contributed by atoms with Crippen molar-refractivity contribution in [2.75, 3.05) is 66.1 Å². The van der Waals surface area contributed by atoms with E-state index in [1.54, 1.807) is 0 Å². The highest BCUT2D eigenvalue weighted by Crippen LogP contribution is 2.44. The molecule has 40 heavy (non-hydrogen) atoms. The first-order chi connectivity index (χ1) is 18.8. The summed E-state index contributed by atoms with van der Waals surface area (Å²) in [6.07, 6.45) is 6.19. The average Bonchev–Trinajstić information content (AvgIpc) is 2.91. The highest BCUT2D eigenvalue weighted by Gasteiger charge is 2.46. The number of unbranched alkanes of at least 4 members (excludes halogenated alkanes) is 2. The van der Waals surface area contributed by atoms with Crippen LogP contribution in [0.5, 0.6) is 0 Å². The Morgan fingerprint density at radius 2 is 0.825 bits per heavy atom. The van der Waals surface area contributed by atoms with E-state index in [9.17, 15) is 15.3 Å². The van der Waals surface area contributed by atoms with Gasteiger partial charge in [-0.3, -0.25) is 0 Å². The molecule has 0 saturated carbocycles. The van der Waals surface area contributed by atoms with Crippen LogP contribution in [0.4, 0.5) is 0 Å². The Morgan fingerprint density at radius 3 is 1.00 bits per heavy atom. The van der Waals surface area contributed by atoms with Crippen molar-refractivity contribution in [3.8, 4) is 0 Å². The lowest BCUT2D eigenvalue weighted by atomic mass is 9.62. The molecule has 16 heteroatoms. The van der Waals surface area contributed by atoms with E-state index in [4.69, 9.17) is 54.2 Å². The molecule has 0 aromatic carbocycles. The largest absolute Gasteiger partial charge is 0.396 e. The SMILES string of the molecule is CCC(CO)(CO)CO.CCCCOCCC(C)(CCOCCCC)C(CO)(CO)CO.OP(O)O.OP(O)O. The smallest absolute Gasteiger partial charge is 0.324 e. The quantitative estimate of drug-likeness (QED) is 0.0628. The van der Waals surface area contributed by atoms with E-state index in [1.807, 2.05) is 13.8 Å². The summed E-state index contributed by atoms with van der Waals surface area (Å²) in [5.74, 6) is 0. The third kappa shape index (κ3) is 24.9. The van der Waals surface area contributed by atoms with Crippen molar-refractivity contribution in [3.63, 3.8) is 0 Å². The summed E-state index contributed by atoms with van der Waals surface area (Å²) >= 11 is 0. The average molecular weight is 633 g/mol. The summed E-state index contributed by atoms with van der Waals surface area (Å²) in [5.41, 5.74) is -2.03. The van der Waals surface area contributed by atoms with Crippen molar-refractivity contribution in [2.45, 2.75) is 72.6 Å². The summed E-state index contributed by atoms with van der Waals surface area (Å²) in [5, 5.41) is 55.3. The van der Waals surface area contributed by atoms with Gasteiger partial charge in [-0.15, -0.1) is 0 Å². The maximum atomic E-state index is 9.79. The van der Waals surface area contributed by atoms with Crippen LogP contribution in [0.25, 0.3) is 0 Å². The Kier molecular flexibility index (Phi) is 36.3. The highest BCUT2D eigenvalue weighted by atomic mass is 31.2. The molecule has 0 radical (unpaired) electrons. The predicted octanol–water partition coefficient (Wildman–Crippen LogP) is 0.110. The van der Waals surface area contributed by atoms with Gasteiger partial charge in [0.05, 0.1) is 39.6 Å². The van der Waals surface area contributed by atoms with Gasteiger partial charge in [0.2, 0.25) is 0 Å². The van der Waals surface area contributed by atoms with Crippen LogP contribution in [-0.2, 0) is 9.47 Å². The molecule has 0 aromatic heterocycles. The van der Waals surface area contributed by atoms with Crippen LogP contribution >= 0.6 is 17.2 Å². The molecule has 14 nitrogen and oxygen atoms in total. The first-order valence-electron chi connectivity index (χ1n) is 13.3. The highest BCUT2D eigenvalue weighted by molar-refractivity contribution is 7.38. The minimum atomic E-state index is -2.62. The first-order valence-corrected chi connectivity index (χ1v) is 15.7. The second-order valence-electron chi connectivity index (χ2n) is 9.61. The van der Waals surface area contributed by atoms with Crippen LogP contribution in [-0.4, -0.2) is 126 Å². The van der Waals surface area contributed by atoms with Crippen molar-refractivity contribution >= 4 is 17.2 Å². The summed E-state index contributed by atoms with van der Waals surface area (Å²) in [6.45, 7) is 9.43. The maximum absolute atomic E-state index is 9.79. The Labute approximate surface area is 241 Å². The molecule has 0 unspecified atom stereocenters. The second-order valence-corrected chi connectivity index (χ2v) is 10.7. The topological polar surface area (TPSA) is 261 Å². The minimum absolute atomic E-state index is 0.156. The van der Waals surface area contributed by atoms with Crippen molar-refractivity contribution in [2.24, 2.45) is 16.2 Å². The molecule has 0 aliphatic carbocycles.